The fourth-order valence-corrected chi connectivity index (χ4v) is 4.50. The van der Waals surface area contributed by atoms with Crippen LogP contribution in [0, 0.1) is 10.1 Å². The topological polar surface area (TPSA) is 115 Å². The van der Waals surface area contributed by atoms with E-state index in [0.717, 1.165) is 0 Å². The maximum absolute atomic E-state index is 12.4. The van der Waals surface area contributed by atoms with Crippen molar-refractivity contribution in [2.24, 2.45) is 0 Å². The Balaban J connectivity index is 6.88. The maximum atomic E-state index is 12.4. The molecule has 1 unspecified atom stereocenters. The number of rotatable bonds is 5. The van der Waals surface area contributed by atoms with Crippen LogP contribution in [0.2, 0.25) is 0 Å². The summed E-state index contributed by atoms with van der Waals surface area (Å²) in [6, 6.07) is 0. The molecule has 0 fully saturated rings. The van der Waals surface area contributed by atoms with Crippen molar-refractivity contribution in [2.75, 3.05) is 0 Å². The van der Waals surface area contributed by atoms with Crippen LogP contribution in [-0.4, -0.2) is 42.1 Å². The van der Waals surface area contributed by atoms with Gasteiger partial charge >= 0.3 is 36.7 Å². The summed E-state index contributed by atoms with van der Waals surface area (Å²) in [5.41, 5.74) is -16.7. The minimum absolute atomic E-state index is 0.0135. The van der Waals surface area contributed by atoms with Gasteiger partial charge in [0, 0.05) is 18.3 Å². The number of halogens is 6. The van der Waals surface area contributed by atoms with Gasteiger partial charge in [0.25, 0.3) is 0 Å². The summed E-state index contributed by atoms with van der Waals surface area (Å²) >= 11 is 0. The van der Waals surface area contributed by atoms with Gasteiger partial charge in [-0.1, -0.05) is 6.92 Å². The minimum Gasteiger partial charge on any atom is -0.262 e. The molecular formula is C6H8F6N2O6S2. The molecule has 0 heterocycles. The van der Waals surface area contributed by atoms with E-state index < -0.39 is 51.8 Å². The fourth-order valence-electron chi connectivity index (χ4n) is 1.16. The molecule has 0 spiro atoms. The maximum Gasteiger partial charge on any atom is 0.512 e. The first kappa shape index (κ1) is 20.8. The van der Waals surface area contributed by atoms with Crippen molar-refractivity contribution >= 4 is 20.0 Å². The molecule has 8 nitrogen and oxygen atoms in total. The molecule has 0 radical (unpaired) electrons. The summed E-state index contributed by atoms with van der Waals surface area (Å²) in [5.74, 6) is 0. The van der Waals surface area contributed by atoms with Crippen LogP contribution in [0.5, 0.6) is 0 Å². The van der Waals surface area contributed by atoms with E-state index in [4.69, 9.17) is 0 Å². The Labute approximate surface area is 119 Å². The van der Waals surface area contributed by atoms with Crippen molar-refractivity contribution in [3.05, 3.63) is 10.1 Å². The van der Waals surface area contributed by atoms with Gasteiger partial charge < -0.3 is 0 Å². The van der Waals surface area contributed by atoms with Gasteiger partial charge in [0.1, 0.15) is 0 Å². The largest absolute Gasteiger partial charge is 0.512 e. The van der Waals surface area contributed by atoms with E-state index in [9.17, 15) is 53.3 Å². The number of nitro groups is 1. The minimum atomic E-state index is -7.21. The number of hydrogen-bond acceptors (Lipinski definition) is 6. The van der Waals surface area contributed by atoms with Gasteiger partial charge in [-0.3, -0.25) is 10.1 Å². The molecule has 132 valence electrons. The van der Waals surface area contributed by atoms with Crippen molar-refractivity contribution in [1.29, 1.82) is 0 Å². The molecule has 0 saturated heterocycles. The fraction of sp³-hybridized carbons (Fsp3) is 1.00. The lowest BCUT2D eigenvalue weighted by molar-refractivity contribution is -0.582. The van der Waals surface area contributed by atoms with Crippen molar-refractivity contribution in [1.82, 2.24) is 3.71 Å². The monoisotopic (exact) mass is 382 g/mol. The van der Waals surface area contributed by atoms with E-state index in [-0.39, 0.29) is 6.92 Å². The third kappa shape index (κ3) is 3.12. The Morgan fingerprint density at radius 3 is 1.36 bits per heavy atom. The van der Waals surface area contributed by atoms with Crippen LogP contribution in [0.3, 0.4) is 0 Å². The van der Waals surface area contributed by atoms with Crippen molar-refractivity contribution in [2.45, 2.75) is 36.9 Å². The quantitative estimate of drug-likeness (QED) is 0.307. The van der Waals surface area contributed by atoms with Crippen LogP contribution in [0.1, 0.15) is 20.3 Å². The van der Waals surface area contributed by atoms with Gasteiger partial charge in [-0.25, -0.2) is 16.8 Å². The van der Waals surface area contributed by atoms with E-state index in [0.29, 0.717) is 6.92 Å². The highest BCUT2D eigenvalue weighted by atomic mass is 32.3. The number of alkyl halides is 6. The predicted molar refractivity (Wildman–Crippen MR) is 57.5 cm³/mol. The lowest BCUT2D eigenvalue weighted by atomic mass is 10.2. The van der Waals surface area contributed by atoms with Gasteiger partial charge in [-0.2, -0.15) is 26.3 Å². The summed E-state index contributed by atoms with van der Waals surface area (Å²) in [6.45, 7) is 0.660. The zero-order chi connectivity index (χ0) is 18.4. The SMILES string of the molecule is CCC(C)(N(S(=O)(=O)C(F)(F)F)S(=O)(=O)C(F)(F)F)[N+](=O)[O-]. The molecule has 0 aromatic carbocycles. The Hall–Kier alpha value is -1.16. The third-order valence-corrected chi connectivity index (χ3v) is 6.49. The second-order valence-corrected chi connectivity index (χ2v) is 7.71. The molecule has 0 saturated carbocycles. The molecule has 1 atom stereocenters. The zero-order valence-electron chi connectivity index (χ0n) is 10.6. The molecule has 0 aromatic heterocycles. The molecule has 16 heteroatoms. The first-order valence-electron chi connectivity index (χ1n) is 4.95. The first-order chi connectivity index (χ1) is 9.37. The Morgan fingerprint density at radius 1 is 0.955 bits per heavy atom. The molecule has 0 aliphatic rings. The normalized spacial score (nSPS) is 17.3. The molecule has 0 rings (SSSR count). The lowest BCUT2D eigenvalue weighted by Gasteiger charge is -2.31. The standard InChI is InChI=1S/C6H8F6N2O6S2/c1-3-4(2,13(15)16)14(21(17,18)5(7,8)9)22(19,20)6(10,11)12/h3H2,1-2H3. The highest BCUT2D eigenvalue weighted by Gasteiger charge is 2.70. The van der Waals surface area contributed by atoms with Crippen LogP contribution >= 0.6 is 0 Å². The van der Waals surface area contributed by atoms with E-state index in [1.165, 1.54) is 0 Å². The molecular weight excluding hydrogens is 374 g/mol. The average molecular weight is 382 g/mol. The van der Waals surface area contributed by atoms with Gasteiger partial charge in [-0.15, -0.1) is 0 Å². The lowest BCUT2D eigenvalue weighted by Crippen LogP contribution is -2.62. The second-order valence-electron chi connectivity index (χ2n) is 3.93. The highest BCUT2D eigenvalue weighted by molar-refractivity contribution is 8.04. The molecule has 0 bridgehead atoms. The van der Waals surface area contributed by atoms with Crippen molar-refractivity contribution < 1.29 is 48.1 Å². The summed E-state index contributed by atoms with van der Waals surface area (Å²) in [6.07, 6.45) is -1.29. The molecule has 0 N–H and O–H groups in total. The van der Waals surface area contributed by atoms with E-state index in [1.54, 1.807) is 0 Å². The van der Waals surface area contributed by atoms with Gasteiger partial charge in [-0.05, 0) is 3.71 Å². The predicted octanol–water partition coefficient (Wildman–Crippen LogP) is 1.39. The number of sulfonamides is 2. The Morgan fingerprint density at radius 2 is 1.23 bits per heavy atom. The molecule has 0 aliphatic carbocycles. The van der Waals surface area contributed by atoms with E-state index in [1.807, 2.05) is 0 Å². The summed E-state index contributed by atoms with van der Waals surface area (Å²) < 4.78 is 117. The molecule has 0 aromatic rings. The van der Waals surface area contributed by atoms with Gasteiger partial charge in [0.2, 0.25) is 0 Å². The van der Waals surface area contributed by atoms with Crippen LogP contribution in [-0.2, 0) is 20.0 Å². The average Bonchev–Trinajstić information content (AvgIpc) is 2.24. The zero-order valence-corrected chi connectivity index (χ0v) is 12.3. The summed E-state index contributed by atoms with van der Waals surface area (Å²) in [4.78, 5) is 8.88. The summed E-state index contributed by atoms with van der Waals surface area (Å²) in [7, 11) is -14.4. The smallest absolute Gasteiger partial charge is 0.262 e. The van der Waals surface area contributed by atoms with Crippen LogP contribution < -0.4 is 0 Å². The Kier molecular flexibility index (Phi) is 5.19. The van der Waals surface area contributed by atoms with Crippen molar-refractivity contribution in [3.8, 4) is 0 Å². The van der Waals surface area contributed by atoms with Crippen molar-refractivity contribution in [3.63, 3.8) is 0 Å². The Bertz CT molecular complexity index is 608. The van der Waals surface area contributed by atoms with E-state index in [2.05, 4.69) is 0 Å². The van der Waals surface area contributed by atoms with Gasteiger partial charge in [0.05, 0.1) is 0 Å². The van der Waals surface area contributed by atoms with Crippen LogP contribution in [0.15, 0.2) is 0 Å². The van der Waals surface area contributed by atoms with Crippen LogP contribution in [0.25, 0.3) is 0 Å². The summed E-state index contributed by atoms with van der Waals surface area (Å²) in [5, 5.41) is 10.7. The first-order valence-corrected chi connectivity index (χ1v) is 7.83. The number of nitrogens with zero attached hydrogens (tertiary/aromatic N) is 2. The third-order valence-electron chi connectivity index (χ3n) is 2.48. The highest BCUT2D eigenvalue weighted by Crippen LogP contribution is 2.41. The molecule has 0 amide bonds. The van der Waals surface area contributed by atoms with Gasteiger partial charge in [0.15, 0.2) is 0 Å². The van der Waals surface area contributed by atoms with Crippen LogP contribution in [0.4, 0.5) is 26.3 Å². The second kappa shape index (κ2) is 5.48. The van der Waals surface area contributed by atoms with E-state index >= 15 is 0 Å². The molecule has 0 aliphatic heterocycles. The molecule has 22 heavy (non-hydrogen) atoms. The number of hydrogen-bond donors (Lipinski definition) is 0.